The van der Waals surface area contributed by atoms with Crippen molar-refractivity contribution in [2.45, 2.75) is 23.4 Å². The molecule has 152 valence electrons. The molecule has 1 N–H and O–H groups in total. The third-order valence-corrected chi connectivity index (χ3v) is 6.01. The van der Waals surface area contributed by atoms with Gasteiger partial charge in [0.15, 0.2) is 16.7 Å². The maximum atomic E-state index is 12.1. The first-order valence-corrected chi connectivity index (χ1v) is 10.9. The molecule has 0 aliphatic heterocycles. The Balaban J connectivity index is 1.45. The molecule has 0 unspecified atom stereocenters. The van der Waals surface area contributed by atoms with Crippen LogP contribution in [0.3, 0.4) is 0 Å². The number of ketones is 1. The first-order valence-electron chi connectivity index (χ1n) is 9.08. The average molecular weight is 439 g/mol. The minimum atomic E-state index is -0.344. The number of hydrogen-bond acceptors (Lipinski definition) is 8. The number of nitrogens with zero attached hydrogens (tertiary/aromatic N) is 3. The van der Waals surface area contributed by atoms with Crippen LogP contribution in [-0.4, -0.2) is 28.5 Å². The topological polar surface area (TPSA) is 105 Å². The fourth-order valence-corrected chi connectivity index (χ4v) is 4.11. The molecule has 0 fully saturated rings. The van der Waals surface area contributed by atoms with Crippen LogP contribution in [0.5, 0.6) is 5.75 Å². The van der Waals surface area contributed by atoms with Crippen LogP contribution < -0.4 is 10.1 Å². The maximum absolute atomic E-state index is 12.1. The Kier molecular flexibility index (Phi) is 7.54. The summed E-state index contributed by atoms with van der Waals surface area (Å²) in [6.07, 6.45) is 0.443. The Morgan fingerprint density at radius 3 is 2.53 bits per heavy atom. The van der Waals surface area contributed by atoms with Crippen molar-refractivity contribution in [3.63, 3.8) is 0 Å². The summed E-state index contributed by atoms with van der Waals surface area (Å²) in [5.74, 6) is 0.911. The number of nitrogens with one attached hydrogen (secondary N) is 1. The Hall–Kier alpha value is -3.22. The van der Waals surface area contributed by atoms with E-state index >= 15 is 0 Å². The van der Waals surface area contributed by atoms with Crippen LogP contribution in [0.1, 0.15) is 34.8 Å². The summed E-state index contributed by atoms with van der Waals surface area (Å²) in [6, 6.07) is 16.1. The molecule has 2 aromatic carbocycles. The number of nitriles is 1. The molecule has 0 spiro atoms. The second-order valence-electron chi connectivity index (χ2n) is 6.11. The van der Waals surface area contributed by atoms with Gasteiger partial charge >= 0.3 is 0 Å². The summed E-state index contributed by atoms with van der Waals surface area (Å²) in [6.45, 7) is 1.63. The van der Waals surface area contributed by atoms with Crippen molar-refractivity contribution in [1.82, 2.24) is 10.2 Å². The van der Waals surface area contributed by atoms with Gasteiger partial charge < -0.3 is 4.74 Å². The van der Waals surface area contributed by atoms with Crippen LogP contribution in [0, 0.1) is 11.3 Å². The highest BCUT2D eigenvalue weighted by molar-refractivity contribution is 8.00. The second kappa shape index (κ2) is 10.5. The predicted octanol–water partition coefficient (Wildman–Crippen LogP) is 4.31. The van der Waals surface area contributed by atoms with Gasteiger partial charge in [-0.1, -0.05) is 42.2 Å². The molecule has 0 atom stereocenters. The number of benzene rings is 2. The monoisotopic (exact) mass is 438 g/mol. The lowest BCUT2D eigenvalue weighted by Crippen LogP contribution is -2.20. The van der Waals surface area contributed by atoms with Crippen LogP contribution in [0.4, 0.5) is 5.13 Å². The number of hydrogen-bond donors (Lipinski definition) is 1. The fourth-order valence-electron chi connectivity index (χ4n) is 2.38. The molecule has 3 rings (SSSR count). The van der Waals surface area contributed by atoms with Crippen molar-refractivity contribution >= 4 is 39.9 Å². The van der Waals surface area contributed by atoms with E-state index in [0.29, 0.717) is 34.2 Å². The Bertz CT molecular complexity index is 1060. The minimum Gasteiger partial charge on any atom is -0.484 e. The van der Waals surface area contributed by atoms with E-state index in [-0.39, 0.29) is 18.3 Å². The van der Waals surface area contributed by atoms with Crippen LogP contribution in [0.15, 0.2) is 52.9 Å². The predicted molar refractivity (Wildman–Crippen MR) is 116 cm³/mol. The number of ether oxygens (including phenoxy) is 1. The lowest BCUT2D eigenvalue weighted by atomic mass is 10.1. The molecule has 9 heteroatoms. The SMILES string of the molecule is CCC(=O)c1ccc(OCC(=O)Nc2nnc(SCc3ccc(C#N)cc3)s2)cc1. The fraction of sp³-hybridized carbons (Fsp3) is 0.190. The highest BCUT2D eigenvalue weighted by atomic mass is 32.2. The summed E-state index contributed by atoms with van der Waals surface area (Å²) in [7, 11) is 0. The molecular weight excluding hydrogens is 420 g/mol. The molecule has 0 saturated carbocycles. The zero-order valence-electron chi connectivity index (χ0n) is 16.1. The van der Waals surface area contributed by atoms with Gasteiger partial charge in [0.1, 0.15) is 5.75 Å². The number of anilines is 1. The molecule has 7 nitrogen and oxygen atoms in total. The lowest BCUT2D eigenvalue weighted by Gasteiger charge is -2.06. The average Bonchev–Trinajstić information content (AvgIpc) is 3.23. The molecule has 1 aromatic heterocycles. The number of carbonyl (C=O) groups excluding carboxylic acids is 2. The molecule has 30 heavy (non-hydrogen) atoms. The van der Waals surface area contributed by atoms with Gasteiger partial charge in [0.25, 0.3) is 5.91 Å². The Labute approximate surface area is 182 Å². The van der Waals surface area contributed by atoms with Crippen LogP contribution in [0.25, 0.3) is 0 Å². The normalized spacial score (nSPS) is 10.3. The van der Waals surface area contributed by atoms with E-state index in [9.17, 15) is 9.59 Å². The Morgan fingerprint density at radius 2 is 1.87 bits per heavy atom. The molecule has 1 heterocycles. The summed E-state index contributed by atoms with van der Waals surface area (Å²) in [5.41, 5.74) is 2.31. The number of thioether (sulfide) groups is 1. The van der Waals surface area contributed by atoms with E-state index in [1.54, 1.807) is 36.4 Å². The molecule has 0 saturated heterocycles. The quantitative estimate of drug-likeness (QED) is 0.301. The van der Waals surface area contributed by atoms with Crippen molar-refractivity contribution in [2.24, 2.45) is 0 Å². The lowest BCUT2D eigenvalue weighted by molar-refractivity contribution is -0.118. The number of amides is 1. The molecule has 0 radical (unpaired) electrons. The molecule has 0 aliphatic carbocycles. The highest BCUT2D eigenvalue weighted by Crippen LogP contribution is 2.28. The molecule has 3 aromatic rings. The number of Topliss-reactive ketones (excluding diaryl/α,β-unsaturated/α-hetero) is 1. The number of aromatic nitrogens is 2. The van der Waals surface area contributed by atoms with Gasteiger partial charge in [0.2, 0.25) is 5.13 Å². The third-order valence-electron chi connectivity index (χ3n) is 3.97. The third kappa shape index (κ3) is 6.14. The van der Waals surface area contributed by atoms with Crippen molar-refractivity contribution < 1.29 is 14.3 Å². The van der Waals surface area contributed by atoms with Gasteiger partial charge in [-0.3, -0.25) is 14.9 Å². The van der Waals surface area contributed by atoms with E-state index in [2.05, 4.69) is 21.6 Å². The largest absolute Gasteiger partial charge is 0.484 e. The van der Waals surface area contributed by atoms with Gasteiger partial charge in [-0.2, -0.15) is 5.26 Å². The first-order chi connectivity index (χ1) is 14.6. The van der Waals surface area contributed by atoms with Gasteiger partial charge in [0, 0.05) is 17.7 Å². The highest BCUT2D eigenvalue weighted by Gasteiger charge is 2.10. The molecule has 0 bridgehead atoms. The van der Waals surface area contributed by atoms with E-state index in [0.717, 1.165) is 9.90 Å². The summed E-state index contributed by atoms with van der Waals surface area (Å²) < 4.78 is 6.17. The summed E-state index contributed by atoms with van der Waals surface area (Å²) >= 11 is 2.78. The summed E-state index contributed by atoms with van der Waals surface area (Å²) in [5, 5.41) is 19.9. The van der Waals surface area contributed by atoms with E-state index < -0.39 is 0 Å². The van der Waals surface area contributed by atoms with Crippen LogP contribution in [0.2, 0.25) is 0 Å². The zero-order valence-corrected chi connectivity index (χ0v) is 17.8. The minimum absolute atomic E-state index is 0.0587. The van der Waals surface area contributed by atoms with Crippen molar-refractivity contribution in [1.29, 1.82) is 5.26 Å². The van der Waals surface area contributed by atoms with Gasteiger partial charge in [-0.15, -0.1) is 10.2 Å². The van der Waals surface area contributed by atoms with Crippen LogP contribution in [-0.2, 0) is 10.5 Å². The number of carbonyl (C=O) groups is 2. The van der Waals surface area contributed by atoms with Gasteiger partial charge in [-0.05, 0) is 42.0 Å². The van der Waals surface area contributed by atoms with Gasteiger partial charge in [0.05, 0.1) is 11.6 Å². The van der Waals surface area contributed by atoms with Crippen molar-refractivity contribution in [3.8, 4) is 11.8 Å². The van der Waals surface area contributed by atoms with E-state index in [1.165, 1.54) is 23.1 Å². The summed E-state index contributed by atoms with van der Waals surface area (Å²) in [4.78, 5) is 23.7. The first kappa shape index (κ1) is 21.5. The standard InChI is InChI=1S/C21H18N4O3S2/c1-2-18(26)16-7-9-17(10-8-16)28-12-19(27)23-20-24-25-21(30-20)29-13-15-5-3-14(11-22)4-6-15/h3-10H,2,12-13H2,1H3,(H,23,24,27). The van der Waals surface area contributed by atoms with Crippen molar-refractivity contribution in [3.05, 3.63) is 65.2 Å². The maximum Gasteiger partial charge on any atom is 0.264 e. The van der Waals surface area contributed by atoms with Crippen molar-refractivity contribution in [2.75, 3.05) is 11.9 Å². The molecule has 1 amide bonds. The zero-order chi connectivity index (χ0) is 21.3. The molecular formula is C21H18N4O3S2. The van der Waals surface area contributed by atoms with Gasteiger partial charge in [-0.25, -0.2) is 0 Å². The van der Waals surface area contributed by atoms with E-state index in [1.807, 2.05) is 19.1 Å². The second-order valence-corrected chi connectivity index (χ2v) is 8.31. The van der Waals surface area contributed by atoms with E-state index in [4.69, 9.17) is 10.00 Å². The smallest absolute Gasteiger partial charge is 0.264 e. The number of rotatable bonds is 9. The molecule has 0 aliphatic rings. The Morgan fingerprint density at radius 1 is 1.13 bits per heavy atom. The van der Waals surface area contributed by atoms with Crippen LogP contribution >= 0.6 is 23.1 Å².